The van der Waals surface area contributed by atoms with E-state index in [4.69, 9.17) is 4.74 Å². The highest BCUT2D eigenvalue weighted by atomic mass is 16.5. The van der Waals surface area contributed by atoms with E-state index in [1.54, 1.807) is 0 Å². The van der Waals surface area contributed by atoms with Gasteiger partial charge in [-0.3, -0.25) is 9.59 Å². The minimum Gasteiger partial charge on any atom is -0.457 e. The number of rotatable bonds is 12. The molecule has 0 saturated carbocycles. The van der Waals surface area contributed by atoms with Crippen LogP contribution in [0.15, 0.2) is 328 Å². The molecule has 0 aliphatic heterocycles. The van der Waals surface area contributed by atoms with E-state index in [0.29, 0.717) is 28.2 Å². The molecule has 0 fully saturated rings. The number of ketones is 1. The third-order valence-corrected chi connectivity index (χ3v) is 15.8. The van der Waals surface area contributed by atoms with Crippen molar-refractivity contribution in [3.8, 4) is 58.9 Å². The smallest absolute Gasteiger partial charge is 0.195 e. The van der Waals surface area contributed by atoms with Gasteiger partial charge in [0.25, 0.3) is 0 Å². The first kappa shape index (κ1) is 59.0. The molecule has 0 N–H and O–H groups in total. The predicted molar refractivity (Wildman–Crippen MR) is 381 cm³/mol. The van der Waals surface area contributed by atoms with E-state index in [-0.39, 0.29) is 5.78 Å². The molecular formula is C90H56O3. The molecule has 0 spiro atoms. The van der Waals surface area contributed by atoms with E-state index in [2.05, 4.69) is 89.8 Å². The maximum atomic E-state index is 15.5. The zero-order valence-corrected chi connectivity index (χ0v) is 50.6. The van der Waals surface area contributed by atoms with Gasteiger partial charge >= 0.3 is 0 Å². The zero-order chi connectivity index (χ0) is 63.0. The van der Waals surface area contributed by atoms with Crippen LogP contribution in [0, 0.1) is 47.4 Å². The highest BCUT2D eigenvalue weighted by Crippen LogP contribution is 2.50. The molecule has 0 radical (unpaired) electrons. The molecule has 0 bridgehead atoms. The maximum Gasteiger partial charge on any atom is 0.195 e. The molecule has 0 amide bonds. The van der Waals surface area contributed by atoms with Crippen molar-refractivity contribution in [2.24, 2.45) is 0 Å². The Morgan fingerprint density at radius 1 is 0.269 bits per heavy atom. The van der Waals surface area contributed by atoms with Gasteiger partial charge in [-0.05, 0) is 177 Å². The molecule has 0 unspecified atom stereocenters. The average Bonchev–Trinajstić information content (AvgIpc) is 1.60. The van der Waals surface area contributed by atoms with E-state index >= 15 is 4.79 Å². The molecular weight excluding hydrogens is 1130 g/mol. The second kappa shape index (κ2) is 28.4. The molecule has 3 nitrogen and oxygen atoms in total. The van der Waals surface area contributed by atoms with Gasteiger partial charge in [0.1, 0.15) is 11.5 Å². The number of ether oxygens (including phenoxy) is 1. The van der Waals surface area contributed by atoms with Crippen LogP contribution in [-0.4, -0.2) is 12.1 Å². The molecule has 1 aliphatic carbocycles. The van der Waals surface area contributed by atoms with Crippen LogP contribution < -0.4 is 4.74 Å². The fourth-order valence-corrected chi connectivity index (χ4v) is 11.2. The summed E-state index contributed by atoms with van der Waals surface area (Å²) in [5, 5.41) is 0. The number of allylic oxidation sites excluding steroid dienone is 7. The topological polar surface area (TPSA) is 43.4 Å². The summed E-state index contributed by atoms with van der Waals surface area (Å²) in [5.41, 5.74) is 18.7. The Morgan fingerprint density at radius 2 is 0.559 bits per heavy atom. The van der Waals surface area contributed by atoms with Gasteiger partial charge in [-0.2, -0.15) is 0 Å². The monoisotopic (exact) mass is 1180 g/mol. The number of carbonyl (C=O) groups excluding carboxylic acids is 2. The molecule has 0 saturated heterocycles. The summed E-state index contributed by atoms with van der Waals surface area (Å²) in [6, 6.07) is 108. The van der Waals surface area contributed by atoms with E-state index in [1.807, 2.05) is 291 Å². The van der Waals surface area contributed by atoms with Crippen molar-refractivity contribution < 1.29 is 14.3 Å². The summed E-state index contributed by atoms with van der Waals surface area (Å²) in [5.74, 6) is 27.3. The minimum absolute atomic E-state index is 0.0839. The first-order chi connectivity index (χ1) is 46.0. The first-order valence-corrected chi connectivity index (χ1v) is 30.6. The van der Waals surface area contributed by atoms with Crippen molar-refractivity contribution in [3.05, 3.63) is 417 Å². The average molecular weight is 1190 g/mol. The van der Waals surface area contributed by atoms with Crippen molar-refractivity contribution in [2.75, 3.05) is 0 Å². The highest BCUT2D eigenvalue weighted by Gasteiger charge is 2.35. The normalized spacial score (nSPS) is 12.0. The van der Waals surface area contributed by atoms with Crippen LogP contribution >= 0.6 is 0 Å². The predicted octanol–water partition coefficient (Wildman–Crippen LogP) is 19.5. The van der Waals surface area contributed by atoms with Gasteiger partial charge in [0.05, 0.1) is 0 Å². The molecule has 1 aliphatic rings. The number of hydrogen-bond donors (Lipinski definition) is 0. The first-order valence-electron chi connectivity index (χ1n) is 30.6. The van der Waals surface area contributed by atoms with E-state index in [1.165, 1.54) is 0 Å². The van der Waals surface area contributed by atoms with Gasteiger partial charge in [-0.25, -0.2) is 0 Å². The summed E-state index contributed by atoms with van der Waals surface area (Å²) in [6.45, 7) is 0. The molecule has 434 valence electrons. The number of Topliss-reactive ketones (excluding diaryl/α,β-unsaturated/α-hetero) is 1. The number of hydrogen-bond acceptors (Lipinski definition) is 3. The summed E-state index contributed by atoms with van der Waals surface area (Å²) < 4.78 is 6.69. The van der Waals surface area contributed by atoms with E-state index in [0.717, 1.165) is 118 Å². The van der Waals surface area contributed by atoms with Gasteiger partial charge in [-0.1, -0.05) is 254 Å². The molecule has 0 heterocycles. The molecule has 0 aromatic heterocycles. The van der Waals surface area contributed by atoms with Crippen LogP contribution in [0.3, 0.4) is 0 Å². The van der Waals surface area contributed by atoms with Crippen LogP contribution in [-0.2, 0) is 9.59 Å². The van der Waals surface area contributed by atoms with Crippen LogP contribution in [0.1, 0.15) is 89.0 Å². The van der Waals surface area contributed by atoms with Crippen LogP contribution in [0.25, 0.3) is 45.1 Å². The summed E-state index contributed by atoms with van der Waals surface area (Å²) >= 11 is 0. The van der Waals surface area contributed by atoms with Crippen molar-refractivity contribution in [1.29, 1.82) is 0 Å². The quantitative estimate of drug-likeness (QED) is 0.0403. The lowest BCUT2D eigenvalue weighted by Crippen LogP contribution is -2.02. The lowest BCUT2D eigenvalue weighted by molar-refractivity contribution is -0.108. The molecule has 93 heavy (non-hydrogen) atoms. The fraction of sp³-hybridized carbons (Fsp3) is 0. The van der Waals surface area contributed by atoms with Crippen molar-refractivity contribution >= 4 is 57.2 Å². The summed E-state index contributed by atoms with van der Waals surface area (Å²) in [7, 11) is 0. The summed E-state index contributed by atoms with van der Waals surface area (Å²) in [6.07, 6.45) is 3.07. The number of benzene rings is 12. The van der Waals surface area contributed by atoms with E-state index in [9.17, 15) is 4.79 Å². The zero-order valence-electron chi connectivity index (χ0n) is 50.6. The largest absolute Gasteiger partial charge is 0.457 e. The lowest BCUT2D eigenvalue weighted by Gasteiger charge is -2.18. The van der Waals surface area contributed by atoms with Gasteiger partial charge in [0.15, 0.2) is 12.1 Å². The van der Waals surface area contributed by atoms with Gasteiger partial charge < -0.3 is 4.74 Å². The van der Waals surface area contributed by atoms with Crippen LogP contribution in [0.4, 0.5) is 0 Å². The third kappa shape index (κ3) is 14.3. The van der Waals surface area contributed by atoms with E-state index < -0.39 is 0 Å². The minimum atomic E-state index is -0.0839. The molecule has 12 aromatic rings. The van der Waals surface area contributed by atoms with Gasteiger partial charge in [-0.15, -0.1) is 0 Å². The SMILES string of the molecule is O=C/C(=C(\C(=C\c1ccc(C#Cc2ccccc2)cc1)c1ccccc1)c1ccc(Oc2ccc(C3=C(c4ccc(C#Cc5ccccc5)cc4)C(=O)C(c4ccc(C#Cc5ccccc5)cc4)=C3c3ccccc3)cc2)cc1)c1ccc(C#Cc2ccccc2)cc1. The van der Waals surface area contributed by atoms with Gasteiger partial charge in [0.2, 0.25) is 0 Å². The van der Waals surface area contributed by atoms with Crippen molar-refractivity contribution in [1.82, 2.24) is 0 Å². The van der Waals surface area contributed by atoms with Crippen molar-refractivity contribution in [2.45, 2.75) is 0 Å². The van der Waals surface area contributed by atoms with Crippen molar-refractivity contribution in [3.63, 3.8) is 0 Å². The Hall–Kier alpha value is -13.0. The second-order valence-corrected chi connectivity index (χ2v) is 22.0. The van der Waals surface area contributed by atoms with Crippen LogP contribution in [0.5, 0.6) is 11.5 Å². The maximum absolute atomic E-state index is 15.5. The second-order valence-electron chi connectivity index (χ2n) is 22.0. The number of carbonyl (C=O) groups is 2. The Labute approximate surface area is 543 Å². The third-order valence-electron chi connectivity index (χ3n) is 15.8. The fourth-order valence-electron chi connectivity index (χ4n) is 11.2. The summed E-state index contributed by atoms with van der Waals surface area (Å²) in [4.78, 5) is 29.4. The molecule has 13 rings (SSSR count). The Kier molecular flexibility index (Phi) is 18.0. The lowest BCUT2D eigenvalue weighted by atomic mass is 9.85. The van der Waals surface area contributed by atoms with Crippen LogP contribution in [0.2, 0.25) is 0 Å². The standard InChI is InChI=1S/C90H56O3/c91-64-84(75-49-43-70(44-50-75)36-32-66-21-9-2-10-22-66)85(83(74-27-15-5-16-28-74)63-73-41-39-69(40-42-73)35-31-65-19-7-1-8-20-65)77-55-59-81(60-56-77)93-82-61-57-78(58-62-82)87-86(76-29-17-6-18-30-76)88(79-51-45-71(46-52-79)37-33-67-23-11-3-12-24-67)90(92)89(87)80-53-47-72(48-54-80)38-34-68-25-13-4-14-26-68/h1-30,39-64H/b83-63+,85-84+. The Bertz CT molecular complexity index is 4920. The Balaban J connectivity index is 0.866. The molecule has 0 atom stereocenters. The molecule has 3 heteroatoms. The number of aldehydes is 1. The Morgan fingerprint density at radius 3 is 0.946 bits per heavy atom. The van der Waals surface area contributed by atoms with Gasteiger partial charge in [0, 0.05) is 77.9 Å². The molecule has 12 aromatic carbocycles. The highest BCUT2D eigenvalue weighted by molar-refractivity contribution is 6.59.